The van der Waals surface area contributed by atoms with Crippen LogP contribution in [0.5, 0.6) is 0 Å². The molecule has 0 amide bonds. The molecule has 0 atom stereocenters. The van der Waals surface area contributed by atoms with Gasteiger partial charge >= 0.3 is 5.97 Å². The molecule has 1 aliphatic rings. The van der Waals surface area contributed by atoms with Crippen LogP contribution in [-0.2, 0) is 28.2 Å². The van der Waals surface area contributed by atoms with Gasteiger partial charge in [-0.15, -0.1) is 0 Å². The second-order valence-corrected chi connectivity index (χ2v) is 10.7. The van der Waals surface area contributed by atoms with E-state index in [1.54, 1.807) is 32.4 Å². The third-order valence-electron chi connectivity index (χ3n) is 6.02. The summed E-state index contributed by atoms with van der Waals surface area (Å²) in [6.07, 6.45) is 5.66. The van der Waals surface area contributed by atoms with Crippen LogP contribution in [0.2, 0.25) is 0 Å². The molecule has 3 rings (SSSR count). The van der Waals surface area contributed by atoms with E-state index in [0.29, 0.717) is 41.8 Å². The van der Waals surface area contributed by atoms with Crippen LogP contribution in [0.4, 0.5) is 0 Å². The lowest BCUT2D eigenvalue weighted by Crippen LogP contribution is -2.30. The molecule has 0 spiro atoms. The molecule has 0 saturated heterocycles. The van der Waals surface area contributed by atoms with Gasteiger partial charge in [-0.2, -0.15) is 5.26 Å². The molecule has 1 N–H and O–H groups in total. The molecule has 7 nitrogen and oxygen atoms in total. The molecule has 8 heteroatoms. The Morgan fingerprint density at radius 1 is 1.15 bits per heavy atom. The molecule has 0 saturated carbocycles. The van der Waals surface area contributed by atoms with E-state index in [0.717, 1.165) is 22.4 Å². The second-order valence-electron chi connectivity index (χ2n) is 8.45. The van der Waals surface area contributed by atoms with Gasteiger partial charge in [0.15, 0.2) is 0 Å². The summed E-state index contributed by atoms with van der Waals surface area (Å²) in [7, 11) is -1.57. The third kappa shape index (κ3) is 4.95. The maximum Gasteiger partial charge on any atom is 0.355 e. The van der Waals surface area contributed by atoms with Crippen molar-refractivity contribution in [1.82, 2.24) is 9.29 Å². The molecule has 1 aromatic heterocycles. The highest BCUT2D eigenvalue weighted by atomic mass is 32.2. The summed E-state index contributed by atoms with van der Waals surface area (Å²) in [5.74, 6) is -0.447. The van der Waals surface area contributed by atoms with Gasteiger partial charge < -0.3 is 9.30 Å². The lowest BCUT2D eigenvalue weighted by Gasteiger charge is -2.18. The monoisotopic (exact) mass is 481 g/mol. The van der Waals surface area contributed by atoms with E-state index in [1.165, 1.54) is 0 Å². The number of nitrogens with one attached hydrogen (secondary N) is 1. The summed E-state index contributed by atoms with van der Waals surface area (Å²) < 4.78 is 33.9. The fourth-order valence-corrected chi connectivity index (χ4v) is 4.87. The van der Waals surface area contributed by atoms with Crippen LogP contribution < -0.4 is 4.72 Å². The highest BCUT2D eigenvalue weighted by molar-refractivity contribution is 7.90. The topological polar surface area (TPSA) is 101 Å². The van der Waals surface area contributed by atoms with Gasteiger partial charge in [-0.1, -0.05) is 37.3 Å². The molecule has 0 radical (unpaired) electrons. The number of benzene rings is 1. The number of allylic oxidation sites excluding steroid dienone is 4. The van der Waals surface area contributed by atoms with Crippen molar-refractivity contribution in [3.63, 3.8) is 0 Å². The first kappa shape index (κ1) is 25.3. The van der Waals surface area contributed by atoms with Gasteiger partial charge in [0.2, 0.25) is 10.0 Å². The molecular formula is C26H31N3O4S. The SMILES string of the molecule is CCOC(=O)c1c(-c2ccc(C3=CC=C(NS(=O)(=O)C(C)C)CC3)cc2)c(C#N)c(CC)n1C. The molecule has 0 unspecified atom stereocenters. The highest BCUT2D eigenvalue weighted by Crippen LogP contribution is 2.35. The Morgan fingerprint density at radius 3 is 2.29 bits per heavy atom. The van der Waals surface area contributed by atoms with Crippen molar-refractivity contribution in [3.05, 3.63) is 64.6 Å². The molecule has 0 aliphatic heterocycles. The number of esters is 1. The van der Waals surface area contributed by atoms with E-state index >= 15 is 0 Å². The average molecular weight is 482 g/mol. The maximum absolute atomic E-state index is 12.7. The van der Waals surface area contributed by atoms with E-state index in [-0.39, 0.29) is 6.61 Å². The number of hydrogen-bond acceptors (Lipinski definition) is 5. The summed E-state index contributed by atoms with van der Waals surface area (Å²) >= 11 is 0. The van der Waals surface area contributed by atoms with Crippen LogP contribution in [0.1, 0.15) is 67.8 Å². The van der Waals surface area contributed by atoms with Crippen LogP contribution in [0.25, 0.3) is 16.7 Å². The van der Waals surface area contributed by atoms with Gasteiger partial charge in [0.25, 0.3) is 0 Å². The third-order valence-corrected chi connectivity index (χ3v) is 7.81. The Balaban J connectivity index is 1.96. The van der Waals surface area contributed by atoms with Crippen LogP contribution in [-0.4, -0.2) is 30.8 Å². The van der Waals surface area contributed by atoms with E-state index in [2.05, 4.69) is 10.8 Å². The van der Waals surface area contributed by atoms with Crippen LogP contribution in [0.3, 0.4) is 0 Å². The quantitative estimate of drug-likeness (QED) is 0.551. The zero-order chi connectivity index (χ0) is 25.0. The zero-order valence-electron chi connectivity index (χ0n) is 20.3. The van der Waals surface area contributed by atoms with Gasteiger partial charge in [-0.05, 0) is 62.8 Å². The molecule has 180 valence electrons. The second kappa shape index (κ2) is 10.3. The molecule has 34 heavy (non-hydrogen) atoms. The van der Waals surface area contributed by atoms with Gasteiger partial charge in [0.1, 0.15) is 11.8 Å². The van der Waals surface area contributed by atoms with E-state index in [1.807, 2.05) is 43.3 Å². The number of rotatable bonds is 8. The van der Waals surface area contributed by atoms with Crippen LogP contribution in [0.15, 0.2) is 42.1 Å². The number of carbonyl (C=O) groups is 1. The molecule has 1 heterocycles. The summed E-state index contributed by atoms with van der Waals surface area (Å²) in [6, 6.07) is 10.0. The van der Waals surface area contributed by atoms with Crippen molar-refractivity contribution in [2.75, 3.05) is 6.61 Å². The first-order valence-corrected chi connectivity index (χ1v) is 13.0. The molecule has 0 bridgehead atoms. The Hall–Kier alpha value is -3.31. The lowest BCUT2D eigenvalue weighted by atomic mass is 9.93. The van der Waals surface area contributed by atoms with Crippen molar-refractivity contribution in [3.8, 4) is 17.2 Å². The van der Waals surface area contributed by atoms with Crippen molar-refractivity contribution >= 4 is 21.6 Å². The summed E-state index contributed by atoms with van der Waals surface area (Å²) in [4.78, 5) is 12.7. The first-order chi connectivity index (χ1) is 16.1. The van der Waals surface area contributed by atoms with Crippen LogP contribution >= 0.6 is 0 Å². The standard InChI is InChI=1S/C26H31N3O4S/c1-6-23-22(16-27)24(25(29(23)5)26(30)33-7-2)20-10-8-18(9-11-20)19-12-14-21(15-13-19)28-34(31,32)17(3)4/h8-12,14,17,28H,6-7,13,15H2,1-5H3. The number of ether oxygens (including phenoxy) is 1. The lowest BCUT2D eigenvalue weighted by molar-refractivity contribution is 0.0516. The predicted octanol–water partition coefficient (Wildman–Crippen LogP) is 4.69. The number of nitrogens with zero attached hydrogens (tertiary/aromatic N) is 2. The Labute approximate surface area is 201 Å². The fraction of sp³-hybridized carbons (Fsp3) is 0.385. The predicted molar refractivity (Wildman–Crippen MR) is 133 cm³/mol. The number of nitriles is 1. The Morgan fingerprint density at radius 2 is 1.79 bits per heavy atom. The molecule has 1 aromatic carbocycles. The fourth-order valence-electron chi connectivity index (χ4n) is 4.10. The van der Waals surface area contributed by atoms with Gasteiger partial charge in [0, 0.05) is 24.0 Å². The van der Waals surface area contributed by atoms with Crippen molar-refractivity contribution in [2.45, 2.75) is 52.2 Å². The molecule has 0 fully saturated rings. The number of aromatic nitrogens is 1. The average Bonchev–Trinajstić information content (AvgIpc) is 3.10. The highest BCUT2D eigenvalue weighted by Gasteiger charge is 2.27. The van der Waals surface area contributed by atoms with E-state index in [4.69, 9.17) is 4.74 Å². The van der Waals surface area contributed by atoms with Crippen molar-refractivity contribution in [2.24, 2.45) is 7.05 Å². The van der Waals surface area contributed by atoms with E-state index in [9.17, 15) is 18.5 Å². The summed E-state index contributed by atoms with van der Waals surface area (Å²) in [5, 5.41) is 9.37. The minimum atomic E-state index is -3.36. The normalized spacial score (nSPS) is 13.8. The zero-order valence-corrected chi connectivity index (χ0v) is 21.1. The van der Waals surface area contributed by atoms with Crippen molar-refractivity contribution in [1.29, 1.82) is 5.26 Å². The van der Waals surface area contributed by atoms with E-state index < -0.39 is 21.2 Å². The smallest absolute Gasteiger partial charge is 0.355 e. The number of sulfonamides is 1. The minimum absolute atomic E-state index is 0.253. The summed E-state index contributed by atoms with van der Waals surface area (Å²) in [5.41, 5.74) is 5.81. The first-order valence-electron chi connectivity index (χ1n) is 11.4. The Bertz CT molecular complexity index is 1290. The van der Waals surface area contributed by atoms with Gasteiger partial charge in [-0.25, -0.2) is 13.2 Å². The summed E-state index contributed by atoms with van der Waals surface area (Å²) in [6.45, 7) is 7.26. The van der Waals surface area contributed by atoms with Crippen LogP contribution in [0, 0.1) is 11.3 Å². The molecule has 2 aromatic rings. The largest absolute Gasteiger partial charge is 0.461 e. The van der Waals surface area contributed by atoms with Crippen molar-refractivity contribution < 1.29 is 17.9 Å². The van der Waals surface area contributed by atoms with Gasteiger partial charge in [0.05, 0.1) is 17.4 Å². The molecule has 1 aliphatic carbocycles. The Kier molecular flexibility index (Phi) is 7.68. The van der Waals surface area contributed by atoms with Gasteiger partial charge in [-0.3, -0.25) is 4.72 Å². The molecular weight excluding hydrogens is 450 g/mol. The number of carbonyl (C=O) groups excluding carboxylic acids is 1. The maximum atomic E-state index is 12.7. The number of hydrogen-bond donors (Lipinski definition) is 1. The minimum Gasteiger partial charge on any atom is -0.461 e.